The number of ether oxygens (including phenoxy) is 1. The molecule has 0 aliphatic rings. The maximum absolute atomic E-state index is 12.0. The molecule has 0 spiro atoms. The molecule has 2 aromatic rings. The quantitative estimate of drug-likeness (QED) is 0.767. The number of thiophene rings is 1. The van der Waals surface area contributed by atoms with E-state index in [4.69, 9.17) is 9.84 Å². The number of benzene rings is 1. The van der Waals surface area contributed by atoms with Crippen molar-refractivity contribution in [2.45, 2.75) is 13.0 Å². The molecule has 7 heteroatoms. The van der Waals surface area contributed by atoms with Crippen molar-refractivity contribution >= 4 is 28.9 Å². The number of carboxylic acid groups (broad SMARTS) is 1. The molecule has 0 aliphatic heterocycles. The van der Waals surface area contributed by atoms with Crippen molar-refractivity contribution < 1.29 is 19.4 Å². The zero-order valence-corrected chi connectivity index (χ0v) is 14.4. The highest BCUT2D eigenvalue weighted by Crippen LogP contribution is 2.22. The summed E-state index contributed by atoms with van der Waals surface area (Å²) in [5.41, 5.74) is 1.45. The number of carbonyl (C=O) groups excluding carboxylic acids is 1. The molecule has 2 N–H and O–H groups in total. The third-order valence-electron chi connectivity index (χ3n) is 3.44. The molecular formula is C17H20N2O4S. The van der Waals surface area contributed by atoms with Crippen molar-refractivity contribution in [3.05, 3.63) is 46.2 Å². The van der Waals surface area contributed by atoms with Gasteiger partial charge in [-0.1, -0.05) is 12.1 Å². The Balaban J connectivity index is 1.82. The first-order valence-corrected chi connectivity index (χ1v) is 8.29. The topological polar surface area (TPSA) is 78.9 Å². The van der Waals surface area contributed by atoms with E-state index in [-0.39, 0.29) is 17.2 Å². The lowest BCUT2D eigenvalue weighted by atomic mass is 10.2. The molecule has 1 aromatic heterocycles. The molecule has 24 heavy (non-hydrogen) atoms. The van der Waals surface area contributed by atoms with E-state index in [2.05, 4.69) is 5.32 Å². The third-order valence-corrected chi connectivity index (χ3v) is 4.34. The summed E-state index contributed by atoms with van der Waals surface area (Å²) in [4.78, 5) is 25.2. The van der Waals surface area contributed by atoms with Crippen LogP contribution >= 0.6 is 11.3 Å². The highest BCUT2D eigenvalue weighted by molar-refractivity contribution is 7.12. The Morgan fingerprint density at radius 2 is 2.12 bits per heavy atom. The molecule has 0 unspecified atom stereocenters. The Morgan fingerprint density at radius 3 is 2.83 bits per heavy atom. The van der Waals surface area contributed by atoms with Crippen molar-refractivity contribution in [3.8, 4) is 5.75 Å². The molecule has 0 fully saturated rings. The van der Waals surface area contributed by atoms with Gasteiger partial charge in [0.25, 0.3) is 0 Å². The largest absolute Gasteiger partial charge is 0.497 e. The van der Waals surface area contributed by atoms with E-state index in [1.807, 2.05) is 36.2 Å². The van der Waals surface area contributed by atoms with Gasteiger partial charge in [0.15, 0.2) is 0 Å². The highest BCUT2D eigenvalue weighted by Gasteiger charge is 2.14. The second-order valence-electron chi connectivity index (χ2n) is 5.36. The van der Waals surface area contributed by atoms with Gasteiger partial charge in [0, 0.05) is 19.5 Å². The normalized spacial score (nSPS) is 10.6. The number of aromatic carboxylic acids is 1. The molecule has 0 saturated carbocycles. The number of hydrogen-bond acceptors (Lipinski definition) is 5. The molecule has 0 atom stereocenters. The van der Waals surface area contributed by atoms with Crippen LogP contribution in [-0.2, 0) is 11.3 Å². The average Bonchev–Trinajstić information content (AvgIpc) is 3.01. The molecule has 0 bridgehead atoms. The van der Waals surface area contributed by atoms with Gasteiger partial charge in [0.2, 0.25) is 5.91 Å². The van der Waals surface area contributed by atoms with E-state index in [1.54, 1.807) is 18.6 Å². The fraction of sp³-hybridized carbons (Fsp3) is 0.294. The van der Waals surface area contributed by atoms with E-state index in [1.165, 1.54) is 0 Å². The predicted molar refractivity (Wildman–Crippen MR) is 93.9 cm³/mol. The molecule has 1 heterocycles. The molecule has 128 valence electrons. The van der Waals surface area contributed by atoms with Crippen LogP contribution < -0.4 is 10.1 Å². The Hall–Kier alpha value is -2.38. The van der Waals surface area contributed by atoms with Gasteiger partial charge >= 0.3 is 5.97 Å². The summed E-state index contributed by atoms with van der Waals surface area (Å²) in [5, 5.41) is 13.3. The number of nitrogens with one attached hydrogen (secondary N) is 1. The van der Waals surface area contributed by atoms with E-state index in [0.29, 0.717) is 18.8 Å². The first kappa shape index (κ1) is 18.0. The smallest absolute Gasteiger partial charge is 0.348 e. The van der Waals surface area contributed by atoms with Crippen LogP contribution in [-0.4, -0.2) is 42.6 Å². The third kappa shape index (κ3) is 5.07. The van der Waals surface area contributed by atoms with Crippen molar-refractivity contribution in [2.24, 2.45) is 0 Å². The van der Waals surface area contributed by atoms with Crippen LogP contribution in [0.25, 0.3) is 0 Å². The van der Waals surface area contributed by atoms with Gasteiger partial charge in [-0.25, -0.2) is 4.79 Å². The van der Waals surface area contributed by atoms with Crippen LogP contribution in [0.3, 0.4) is 0 Å². The summed E-state index contributed by atoms with van der Waals surface area (Å²) in [6.07, 6.45) is 0.287. The second-order valence-corrected chi connectivity index (χ2v) is 6.27. The molecule has 0 aliphatic carbocycles. The number of carboxylic acids is 1. The van der Waals surface area contributed by atoms with Crippen molar-refractivity contribution in [1.29, 1.82) is 0 Å². The van der Waals surface area contributed by atoms with Gasteiger partial charge in [-0.3, -0.25) is 4.79 Å². The minimum atomic E-state index is -1.03. The summed E-state index contributed by atoms with van der Waals surface area (Å²) < 4.78 is 5.19. The Morgan fingerprint density at radius 1 is 1.33 bits per heavy atom. The molecule has 1 amide bonds. The SMILES string of the molecule is COc1cccc(CN(C)CCC(=O)Nc2ccsc2C(=O)O)c1. The summed E-state index contributed by atoms with van der Waals surface area (Å²) in [6, 6.07) is 9.38. The standard InChI is InChI=1S/C17H20N2O4S/c1-19(11-12-4-3-5-13(10-12)23-2)8-6-15(20)18-14-7-9-24-16(14)17(21)22/h3-5,7,9-10H,6,8,11H2,1-2H3,(H,18,20)(H,21,22). The molecule has 0 radical (unpaired) electrons. The zero-order chi connectivity index (χ0) is 17.5. The molecule has 1 aromatic carbocycles. The maximum atomic E-state index is 12.0. The van der Waals surface area contributed by atoms with Crippen molar-refractivity contribution in [3.63, 3.8) is 0 Å². The van der Waals surface area contributed by atoms with Crippen molar-refractivity contribution in [1.82, 2.24) is 4.90 Å². The number of methoxy groups -OCH3 is 1. The number of hydrogen-bond donors (Lipinski definition) is 2. The zero-order valence-electron chi connectivity index (χ0n) is 13.6. The monoisotopic (exact) mass is 348 g/mol. The van der Waals surface area contributed by atoms with Crippen LogP contribution in [0.15, 0.2) is 35.7 Å². The van der Waals surface area contributed by atoms with Gasteiger partial charge in [-0.15, -0.1) is 11.3 Å². The lowest BCUT2D eigenvalue weighted by Crippen LogP contribution is -2.24. The summed E-state index contributed by atoms with van der Waals surface area (Å²) >= 11 is 1.09. The fourth-order valence-electron chi connectivity index (χ4n) is 2.24. The van der Waals surface area contributed by atoms with Crippen LogP contribution in [0, 0.1) is 0 Å². The van der Waals surface area contributed by atoms with E-state index >= 15 is 0 Å². The predicted octanol–water partition coefficient (Wildman–Crippen LogP) is 2.92. The summed E-state index contributed by atoms with van der Waals surface area (Å²) in [7, 11) is 3.56. The number of nitrogens with zero attached hydrogens (tertiary/aromatic N) is 1. The van der Waals surface area contributed by atoms with E-state index in [0.717, 1.165) is 22.6 Å². The lowest BCUT2D eigenvalue weighted by molar-refractivity contribution is -0.116. The van der Waals surface area contributed by atoms with Crippen LogP contribution in [0.2, 0.25) is 0 Å². The number of carbonyl (C=O) groups is 2. The van der Waals surface area contributed by atoms with Gasteiger partial charge in [-0.05, 0) is 36.2 Å². The molecule has 0 saturated heterocycles. The first-order valence-electron chi connectivity index (χ1n) is 7.41. The average molecular weight is 348 g/mol. The fourth-order valence-corrected chi connectivity index (χ4v) is 2.93. The van der Waals surface area contributed by atoms with E-state index < -0.39 is 5.97 Å². The maximum Gasteiger partial charge on any atom is 0.348 e. The second kappa shape index (κ2) is 8.47. The summed E-state index contributed by atoms with van der Waals surface area (Å²) in [5.74, 6) is -0.430. The first-order chi connectivity index (χ1) is 11.5. The van der Waals surface area contributed by atoms with Gasteiger partial charge < -0.3 is 20.1 Å². The van der Waals surface area contributed by atoms with Gasteiger partial charge in [-0.2, -0.15) is 0 Å². The van der Waals surface area contributed by atoms with Crippen molar-refractivity contribution in [2.75, 3.05) is 26.0 Å². The van der Waals surface area contributed by atoms with Crippen LogP contribution in [0.5, 0.6) is 5.75 Å². The Bertz CT molecular complexity index is 714. The van der Waals surface area contributed by atoms with Gasteiger partial charge in [0.1, 0.15) is 10.6 Å². The highest BCUT2D eigenvalue weighted by atomic mass is 32.1. The van der Waals surface area contributed by atoms with E-state index in [9.17, 15) is 9.59 Å². The Labute approximate surface area is 144 Å². The Kier molecular flexibility index (Phi) is 6.34. The number of rotatable bonds is 8. The molecule has 2 rings (SSSR count). The molecule has 6 nitrogen and oxygen atoms in total. The van der Waals surface area contributed by atoms with Crippen LogP contribution in [0.1, 0.15) is 21.7 Å². The van der Waals surface area contributed by atoms with Gasteiger partial charge in [0.05, 0.1) is 12.8 Å². The minimum absolute atomic E-state index is 0.146. The number of anilines is 1. The van der Waals surface area contributed by atoms with Crippen LogP contribution in [0.4, 0.5) is 5.69 Å². The lowest BCUT2D eigenvalue weighted by Gasteiger charge is -2.17. The number of amides is 1. The summed E-state index contributed by atoms with van der Waals surface area (Å²) in [6.45, 7) is 1.26. The minimum Gasteiger partial charge on any atom is -0.497 e. The molecular weight excluding hydrogens is 328 g/mol.